The van der Waals surface area contributed by atoms with Crippen molar-refractivity contribution in [2.24, 2.45) is 0 Å². The molecule has 1 saturated heterocycles. The van der Waals surface area contributed by atoms with Crippen molar-refractivity contribution >= 4 is 29.1 Å². The Morgan fingerprint density at radius 1 is 1.00 bits per heavy atom. The molecular weight excluding hydrogens is 348 g/mol. The summed E-state index contributed by atoms with van der Waals surface area (Å²) in [5, 5.41) is 0.733. The molecule has 0 radical (unpaired) electrons. The van der Waals surface area contributed by atoms with Gasteiger partial charge in [-0.2, -0.15) is 0 Å². The van der Waals surface area contributed by atoms with E-state index in [-0.39, 0.29) is 0 Å². The lowest BCUT2D eigenvalue weighted by molar-refractivity contribution is 0.457. The van der Waals surface area contributed by atoms with E-state index in [1.165, 1.54) is 12.8 Å². The molecule has 0 bridgehead atoms. The van der Waals surface area contributed by atoms with E-state index in [4.69, 9.17) is 11.6 Å². The summed E-state index contributed by atoms with van der Waals surface area (Å²) in [7, 11) is 4.03. The van der Waals surface area contributed by atoms with E-state index in [0.717, 1.165) is 48.4 Å². The molecule has 7 heteroatoms. The van der Waals surface area contributed by atoms with Crippen LogP contribution in [0.1, 0.15) is 25.7 Å². The summed E-state index contributed by atoms with van der Waals surface area (Å²) >= 11 is 6.32. The van der Waals surface area contributed by atoms with Gasteiger partial charge in [0.2, 0.25) is 0 Å². The van der Waals surface area contributed by atoms with Crippen LogP contribution in [-0.4, -0.2) is 54.2 Å². The van der Waals surface area contributed by atoms with Crippen molar-refractivity contribution in [2.45, 2.75) is 37.8 Å². The monoisotopic (exact) mass is 372 g/mol. The van der Waals surface area contributed by atoms with Crippen LogP contribution in [0.5, 0.6) is 0 Å². The van der Waals surface area contributed by atoms with Crippen LogP contribution in [0.3, 0.4) is 0 Å². The van der Waals surface area contributed by atoms with Gasteiger partial charge in [0, 0.05) is 51.5 Å². The van der Waals surface area contributed by atoms with Crippen LogP contribution < -0.4 is 14.7 Å². The molecule has 1 saturated carbocycles. The standard InChI is InChI=1S/C19H25ClN6/c1-24(2)17-12-18(23-13-22-17)26(14-5-6-14)15-7-10-25(11-8-15)19-16(20)4-3-9-21-19/h3-4,9,12-15H,5-8,10-11H2,1-2H3. The third-order valence-corrected chi connectivity index (χ3v) is 5.49. The minimum atomic E-state index is 0.506. The predicted molar refractivity (Wildman–Crippen MR) is 106 cm³/mol. The van der Waals surface area contributed by atoms with Crippen LogP contribution in [-0.2, 0) is 0 Å². The minimum Gasteiger partial charge on any atom is -0.363 e. The number of hydrogen-bond acceptors (Lipinski definition) is 6. The number of hydrogen-bond donors (Lipinski definition) is 0. The average molecular weight is 373 g/mol. The van der Waals surface area contributed by atoms with Gasteiger partial charge in [-0.3, -0.25) is 0 Å². The number of aromatic nitrogens is 3. The molecule has 2 fully saturated rings. The normalized spacial score (nSPS) is 18.0. The zero-order valence-electron chi connectivity index (χ0n) is 15.3. The van der Waals surface area contributed by atoms with Crippen molar-refractivity contribution in [1.82, 2.24) is 15.0 Å². The minimum absolute atomic E-state index is 0.506. The number of nitrogens with zero attached hydrogens (tertiary/aromatic N) is 6. The molecule has 0 spiro atoms. The van der Waals surface area contributed by atoms with Crippen LogP contribution in [0.15, 0.2) is 30.7 Å². The fraction of sp³-hybridized carbons (Fsp3) is 0.526. The predicted octanol–water partition coefficient (Wildman–Crippen LogP) is 3.23. The Labute approximate surface area is 159 Å². The Hall–Kier alpha value is -2.08. The van der Waals surface area contributed by atoms with Crippen molar-refractivity contribution in [3.63, 3.8) is 0 Å². The summed E-state index contributed by atoms with van der Waals surface area (Å²) in [6.07, 6.45) is 8.19. The highest BCUT2D eigenvalue weighted by Crippen LogP contribution is 2.36. The second-order valence-corrected chi connectivity index (χ2v) is 7.70. The van der Waals surface area contributed by atoms with Gasteiger partial charge in [-0.15, -0.1) is 0 Å². The summed E-state index contributed by atoms with van der Waals surface area (Å²) in [4.78, 5) is 20.3. The molecule has 2 aromatic rings. The lowest BCUT2D eigenvalue weighted by Crippen LogP contribution is -2.46. The largest absolute Gasteiger partial charge is 0.363 e. The first-order valence-corrected chi connectivity index (χ1v) is 9.64. The van der Waals surface area contributed by atoms with Crippen molar-refractivity contribution in [1.29, 1.82) is 0 Å². The molecule has 0 aromatic carbocycles. The maximum Gasteiger partial charge on any atom is 0.147 e. The highest BCUT2D eigenvalue weighted by Gasteiger charge is 2.37. The first-order chi connectivity index (χ1) is 12.6. The number of rotatable bonds is 5. The molecule has 0 amide bonds. The molecule has 4 rings (SSSR count). The van der Waals surface area contributed by atoms with Crippen LogP contribution in [0.25, 0.3) is 0 Å². The van der Waals surface area contributed by atoms with Gasteiger partial charge in [-0.25, -0.2) is 15.0 Å². The maximum absolute atomic E-state index is 6.32. The third kappa shape index (κ3) is 3.56. The van der Waals surface area contributed by atoms with E-state index in [9.17, 15) is 0 Å². The molecule has 0 atom stereocenters. The van der Waals surface area contributed by atoms with Crippen molar-refractivity contribution in [2.75, 3.05) is 41.9 Å². The van der Waals surface area contributed by atoms with Crippen LogP contribution in [0.4, 0.5) is 17.5 Å². The smallest absolute Gasteiger partial charge is 0.147 e. The lowest BCUT2D eigenvalue weighted by atomic mass is 10.0. The summed E-state index contributed by atoms with van der Waals surface area (Å²) in [6.45, 7) is 1.94. The van der Waals surface area contributed by atoms with E-state index < -0.39 is 0 Å². The third-order valence-electron chi connectivity index (χ3n) is 5.20. The highest BCUT2D eigenvalue weighted by atomic mass is 35.5. The molecule has 0 N–H and O–H groups in total. The van der Waals surface area contributed by atoms with E-state index in [2.05, 4.69) is 30.8 Å². The van der Waals surface area contributed by atoms with Gasteiger partial charge in [0.1, 0.15) is 23.8 Å². The molecule has 6 nitrogen and oxygen atoms in total. The molecule has 3 heterocycles. The molecule has 26 heavy (non-hydrogen) atoms. The zero-order chi connectivity index (χ0) is 18.1. The van der Waals surface area contributed by atoms with Crippen LogP contribution >= 0.6 is 11.6 Å². The SMILES string of the molecule is CN(C)c1cc(N(C2CC2)C2CCN(c3ncccc3Cl)CC2)ncn1. The topological polar surface area (TPSA) is 48.4 Å². The van der Waals surface area contributed by atoms with Gasteiger partial charge in [0.05, 0.1) is 5.02 Å². The Morgan fingerprint density at radius 2 is 1.69 bits per heavy atom. The van der Waals surface area contributed by atoms with Gasteiger partial charge in [0.15, 0.2) is 0 Å². The van der Waals surface area contributed by atoms with Crippen LogP contribution in [0.2, 0.25) is 5.02 Å². The molecule has 1 aliphatic carbocycles. The molecule has 138 valence electrons. The fourth-order valence-corrected chi connectivity index (χ4v) is 3.95. The molecular formula is C19H25ClN6. The van der Waals surface area contributed by atoms with Gasteiger partial charge in [-0.1, -0.05) is 11.6 Å². The summed E-state index contributed by atoms with van der Waals surface area (Å²) in [5.74, 6) is 2.92. The highest BCUT2D eigenvalue weighted by molar-refractivity contribution is 6.32. The van der Waals surface area contributed by atoms with E-state index in [1.807, 2.05) is 37.3 Å². The first-order valence-electron chi connectivity index (χ1n) is 9.26. The first kappa shape index (κ1) is 17.3. The lowest BCUT2D eigenvalue weighted by Gasteiger charge is -2.40. The molecule has 0 unspecified atom stereocenters. The van der Waals surface area contributed by atoms with Gasteiger partial charge in [-0.05, 0) is 37.8 Å². The van der Waals surface area contributed by atoms with Crippen LogP contribution in [0, 0.1) is 0 Å². The Morgan fingerprint density at radius 3 is 2.35 bits per heavy atom. The summed E-state index contributed by atoms with van der Waals surface area (Å²) in [5.41, 5.74) is 0. The van der Waals surface area contributed by atoms with E-state index in [0.29, 0.717) is 12.1 Å². The van der Waals surface area contributed by atoms with E-state index >= 15 is 0 Å². The van der Waals surface area contributed by atoms with Crippen molar-refractivity contribution < 1.29 is 0 Å². The fourth-order valence-electron chi connectivity index (χ4n) is 3.71. The summed E-state index contributed by atoms with van der Waals surface area (Å²) in [6, 6.07) is 7.03. The molecule has 1 aliphatic heterocycles. The quantitative estimate of drug-likeness (QED) is 0.803. The number of halogens is 1. The van der Waals surface area contributed by atoms with E-state index in [1.54, 1.807) is 6.33 Å². The second-order valence-electron chi connectivity index (χ2n) is 7.29. The number of pyridine rings is 1. The molecule has 2 aliphatic rings. The zero-order valence-corrected chi connectivity index (χ0v) is 16.1. The van der Waals surface area contributed by atoms with Crippen molar-refractivity contribution in [3.8, 4) is 0 Å². The number of anilines is 3. The maximum atomic E-state index is 6.32. The van der Waals surface area contributed by atoms with Gasteiger partial charge >= 0.3 is 0 Å². The van der Waals surface area contributed by atoms with Crippen molar-refractivity contribution in [3.05, 3.63) is 35.7 Å². The van der Waals surface area contributed by atoms with Gasteiger partial charge in [0.25, 0.3) is 0 Å². The molecule has 2 aromatic heterocycles. The average Bonchev–Trinajstić information content (AvgIpc) is 3.48. The summed E-state index contributed by atoms with van der Waals surface area (Å²) < 4.78 is 0. The second kappa shape index (κ2) is 7.27. The number of piperidine rings is 1. The Bertz CT molecular complexity index is 755. The van der Waals surface area contributed by atoms with Gasteiger partial charge < -0.3 is 14.7 Å². The Balaban J connectivity index is 1.50. The Kier molecular flexibility index (Phi) is 4.85.